The molecule has 0 fully saturated rings. The number of hydrogen-bond acceptors (Lipinski definition) is 7. The Morgan fingerprint density at radius 3 is 2.40 bits per heavy atom. The molecular weight excluding hydrogens is 472 g/mol. The standard InChI is InChI=1S/C25H34N2O7S/c1-15-16(2)24(35(29,30)27-26-22(28)10-11-34-25(4,5)6)17(3)19(23(15)31-7)12-18-8-9-20-21(13-18)33-14-32-20/h8-9,13,27H,10-12,14H2,1-7H3,(H,26,28). The Labute approximate surface area is 207 Å². The van der Waals surface area contributed by atoms with E-state index in [1.54, 1.807) is 21.0 Å². The predicted molar refractivity (Wildman–Crippen MR) is 131 cm³/mol. The number of methoxy groups -OCH3 is 1. The normalized spacial score (nSPS) is 13.1. The summed E-state index contributed by atoms with van der Waals surface area (Å²) in [4.78, 5) is 14.5. The number of sulfonamides is 1. The Balaban J connectivity index is 1.87. The highest BCUT2D eigenvalue weighted by Gasteiger charge is 2.27. The van der Waals surface area contributed by atoms with E-state index in [1.165, 1.54) is 0 Å². The fourth-order valence-electron chi connectivity index (χ4n) is 3.99. The van der Waals surface area contributed by atoms with Gasteiger partial charge >= 0.3 is 0 Å². The smallest absolute Gasteiger partial charge is 0.257 e. The number of nitrogens with one attached hydrogen (secondary N) is 2. The zero-order valence-electron chi connectivity index (χ0n) is 21.3. The SMILES string of the molecule is COc1c(C)c(C)c(S(=O)(=O)NNC(=O)CCOC(C)(C)C)c(C)c1Cc1ccc2c(c1)OCO2. The lowest BCUT2D eigenvalue weighted by Crippen LogP contribution is -2.42. The van der Waals surface area contributed by atoms with Crippen molar-refractivity contribution in [2.24, 2.45) is 0 Å². The van der Waals surface area contributed by atoms with Gasteiger partial charge < -0.3 is 18.9 Å². The Bertz CT molecular complexity index is 1220. The minimum absolute atomic E-state index is 0.0226. The number of amides is 1. The molecule has 10 heteroatoms. The van der Waals surface area contributed by atoms with Gasteiger partial charge in [0.2, 0.25) is 12.7 Å². The first-order chi connectivity index (χ1) is 16.3. The summed E-state index contributed by atoms with van der Waals surface area (Å²) in [7, 11) is -2.50. The summed E-state index contributed by atoms with van der Waals surface area (Å²) in [5, 5.41) is 0. The first kappa shape index (κ1) is 26.8. The summed E-state index contributed by atoms with van der Waals surface area (Å²) >= 11 is 0. The molecule has 35 heavy (non-hydrogen) atoms. The van der Waals surface area contributed by atoms with Gasteiger partial charge in [0.15, 0.2) is 11.5 Å². The van der Waals surface area contributed by atoms with Crippen LogP contribution in [-0.2, 0) is 26.0 Å². The third-order valence-electron chi connectivity index (χ3n) is 5.79. The second kappa shape index (κ2) is 10.4. The average Bonchev–Trinajstić information content (AvgIpc) is 3.23. The van der Waals surface area contributed by atoms with Crippen LogP contribution in [0.25, 0.3) is 0 Å². The van der Waals surface area contributed by atoms with Crippen LogP contribution in [0.4, 0.5) is 0 Å². The molecule has 0 radical (unpaired) electrons. The molecule has 0 bridgehead atoms. The summed E-state index contributed by atoms with van der Waals surface area (Å²) in [5.41, 5.74) is 5.36. The van der Waals surface area contributed by atoms with E-state index in [9.17, 15) is 13.2 Å². The van der Waals surface area contributed by atoms with E-state index in [2.05, 4.69) is 10.3 Å². The van der Waals surface area contributed by atoms with Gasteiger partial charge in [-0.3, -0.25) is 10.2 Å². The Kier molecular flexibility index (Phi) is 7.98. The van der Waals surface area contributed by atoms with Gasteiger partial charge in [0.05, 0.1) is 30.6 Å². The van der Waals surface area contributed by atoms with Crippen LogP contribution in [0, 0.1) is 20.8 Å². The molecule has 0 unspecified atom stereocenters. The average molecular weight is 507 g/mol. The lowest BCUT2D eigenvalue weighted by atomic mass is 9.94. The number of fused-ring (bicyclic) bond motifs is 1. The lowest BCUT2D eigenvalue weighted by Gasteiger charge is -2.22. The molecular formula is C25H34N2O7S. The highest BCUT2D eigenvalue weighted by Crippen LogP contribution is 2.38. The minimum Gasteiger partial charge on any atom is -0.496 e. The number of rotatable bonds is 9. The monoisotopic (exact) mass is 506 g/mol. The van der Waals surface area contributed by atoms with Gasteiger partial charge in [0.25, 0.3) is 10.0 Å². The van der Waals surface area contributed by atoms with Gasteiger partial charge in [-0.25, -0.2) is 8.42 Å². The molecule has 192 valence electrons. The Morgan fingerprint density at radius 1 is 1.06 bits per heavy atom. The van der Waals surface area contributed by atoms with E-state index in [0.717, 1.165) is 11.1 Å². The molecule has 0 saturated carbocycles. The molecule has 1 aliphatic heterocycles. The molecule has 3 rings (SSSR count). The second-order valence-corrected chi connectivity index (χ2v) is 11.1. The van der Waals surface area contributed by atoms with Crippen LogP contribution >= 0.6 is 0 Å². The number of hydrazine groups is 1. The van der Waals surface area contributed by atoms with Crippen molar-refractivity contribution in [2.75, 3.05) is 20.5 Å². The van der Waals surface area contributed by atoms with Crippen molar-refractivity contribution < 1.29 is 32.2 Å². The van der Waals surface area contributed by atoms with E-state index in [4.69, 9.17) is 18.9 Å². The van der Waals surface area contributed by atoms with Gasteiger partial charge in [0, 0.05) is 12.0 Å². The van der Waals surface area contributed by atoms with Crippen molar-refractivity contribution in [3.63, 3.8) is 0 Å². The Morgan fingerprint density at radius 2 is 1.74 bits per heavy atom. The zero-order chi connectivity index (χ0) is 26.0. The van der Waals surface area contributed by atoms with Crippen LogP contribution in [0.5, 0.6) is 17.2 Å². The molecule has 2 N–H and O–H groups in total. The third-order valence-corrected chi connectivity index (χ3v) is 7.31. The van der Waals surface area contributed by atoms with E-state index < -0.39 is 15.9 Å². The Hall–Kier alpha value is -2.82. The first-order valence-corrected chi connectivity index (χ1v) is 12.8. The third kappa shape index (κ3) is 6.25. The molecule has 1 amide bonds. The predicted octanol–water partition coefficient (Wildman–Crippen LogP) is 3.45. The van der Waals surface area contributed by atoms with Crippen molar-refractivity contribution in [3.05, 3.63) is 46.0 Å². The summed E-state index contributed by atoms with van der Waals surface area (Å²) in [5.74, 6) is 1.46. The summed E-state index contributed by atoms with van der Waals surface area (Å²) in [6, 6.07) is 5.62. The maximum absolute atomic E-state index is 13.3. The lowest BCUT2D eigenvalue weighted by molar-refractivity contribution is -0.123. The molecule has 0 saturated heterocycles. The molecule has 1 aliphatic rings. The molecule has 2 aromatic carbocycles. The number of hydrogen-bond donors (Lipinski definition) is 2. The molecule has 0 aromatic heterocycles. The van der Waals surface area contributed by atoms with Crippen LogP contribution in [0.15, 0.2) is 23.1 Å². The number of benzene rings is 2. The van der Waals surface area contributed by atoms with Crippen LogP contribution in [0.1, 0.15) is 55.0 Å². The topological polar surface area (TPSA) is 112 Å². The molecule has 0 atom stereocenters. The fourth-order valence-corrected chi connectivity index (χ4v) is 5.42. The van der Waals surface area contributed by atoms with Gasteiger partial charge in [-0.1, -0.05) is 6.07 Å². The van der Waals surface area contributed by atoms with E-state index in [1.807, 2.05) is 45.9 Å². The van der Waals surface area contributed by atoms with E-state index in [-0.39, 0.29) is 30.3 Å². The highest BCUT2D eigenvalue weighted by molar-refractivity contribution is 7.89. The number of ether oxygens (including phenoxy) is 4. The van der Waals surface area contributed by atoms with E-state index in [0.29, 0.717) is 40.4 Å². The summed E-state index contributed by atoms with van der Waals surface area (Å²) < 4.78 is 48.6. The zero-order valence-corrected chi connectivity index (χ0v) is 22.1. The molecule has 2 aromatic rings. The van der Waals surface area contributed by atoms with Gasteiger partial charge in [-0.05, 0) is 75.9 Å². The van der Waals surface area contributed by atoms with E-state index >= 15 is 0 Å². The fraction of sp³-hybridized carbons (Fsp3) is 0.480. The van der Waals surface area contributed by atoms with Crippen molar-refractivity contribution >= 4 is 15.9 Å². The van der Waals surface area contributed by atoms with Crippen molar-refractivity contribution in [3.8, 4) is 17.2 Å². The minimum atomic E-state index is -4.06. The van der Waals surface area contributed by atoms with Crippen LogP contribution < -0.4 is 24.5 Å². The first-order valence-electron chi connectivity index (χ1n) is 11.3. The van der Waals surface area contributed by atoms with Crippen molar-refractivity contribution in [1.29, 1.82) is 0 Å². The number of carbonyl (C=O) groups is 1. The molecule has 1 heterocycles. The van der Waals surface area contributed by atoms with Gasteiger partial charge in [-0.15, -0.1) is 4.83 Å². The van der Waals surface area contributed by atoms with Crippen LogP contribution in [-0.4, -0.2) is 40.4 Å². The van der Waals surface area contributed by atoms with Gasteiger partial charge in [0.1, 0.15) is 5.75 Å². The van der Waals surface area contributed by atoms with Crippen molar-refractivity contribution in [1.82, 2.24) is 10.3 Å². The maximum atomic E-state index is 13.3. The number of carbonyl (C=O) groups excluding carboxylic acids is 1. The second-order valence-electron chi connectivity index (χ2n) is 9.44. The molecule has 9 nitrogen and oxygen atoms in total. The quantitative estimate of drug-likeness (QED) is 0.501. The molecule has 0 spiro atoms. The maximum Gasteiger partial charge on any atom is 0.257 e. The largest absolute Gasteiger partial charge is 0.496 e. The summed E-state index contributed by atoms with van der Waals surface area (Å²) in [6.07, 6.45) is 0.445. The summed E-state index contributed by atoms with van der Waals surface area (Å²) in [6.45, 7) is 11.3. The van der Waals surface area contributed by atoms with Crippen molar-refractivity contribution in [2.45, 2.75) is 64.9 Å². The van der Waals surface area contributed by atoms with Gasteiger partial charge in [-0.2, -0.15) is 0 Å². The van der Waals surface area contributed by atoms with Crippen LogP contribution in [0.2, 0.25) is 0 Å². The highest BCUT2D eigenvalue weighted by atomic mass is 32.2. The molecule has 0 aliphatic carbocycles. The van der Waals surface area contributed by atoms with Crippen LogP contribution in [0.3, 0.4) is 0 Å².